The molecule has 0 unspecified atom stereocenters. The highest BCUT2D eigenvalue weighted by Gasteiger charge is 2.19. The van der Waals surface area contributed by atoms with Crippen LogP contribution in [0, 0.1) is 5.82 Å². The first-order chi connectivity index (χ1) is 8.85. The lowest BCUT2D eigenvalue weighted by Crippen LogP contribution is -2.40. The molecule has 100 valence electrons. The van der Waals surface area contributed by atoms with Crippen molar-refractivity contribution in [1.82, 2.24) is 10.5 Å². The Kier molecular flexibility index (Phi) is 3.38. The molecule has 0 aliphatic rings. The molecular weight excluding hydrogens is 247 g/mol. The van der Waals surface area contributed by atoms with Crippen molar-refractivity contribution in [2.45, 2.75) is 26.3 Å². The number of carbonyl (C=O) groups is 1. The lowest BCUT2D eigenvalue weighted by molar-refractivity contribution is 0.0910. The van der Waals surface area contributed by atoms with E-state index in [1.807, 2.05) is 20.8 Å². The number of nitrogens with one attached hydrogen (secondary N) is 1. The first-order valence-corrected chi connectivity index (χ1v) is 5.90. The van der Waals surface area contributed by atoms with Crippen LogP contribution in [0.25, 0.3) is 11.3 Å². The Balaban J connectivity index is 2.19. The van der Waals surface area contributed by atoms with E-state index < -0.39 is 0 Å². The van der Waals surface area contributed by atoms with E-state index in [4.69, 9.17) is 4.52 Å². The SMILES string of the molecule is CC(C)(C)NC(=O)c1cc(-c2ccc(F)cc2)on1. The lowest BCUT2D eigenvalue weighted by atomic mass is 10.1. The number of carbonyl (C=O) groups excluding carboxylic acids is 1. The highest BCUT2D eigenvalue weighted by Crippen LogP contribution is 2.20. The third-order valence-electron chi connectivity index (χ3n) is 2.36. The van der Waals surface area contributed by atoms with Crippen LogP contribution in [0.4, 0.5) is 4.39 Å². The van der Waals surface area contributed by atoms with Gasteiger partial charge in [-0.15, -0.1) is 0 Å². The van der Waals surface area contributed by atoms with Gasteiger partial charge in [0.15, 0.2) is 11.5 Å². The average Bonchev–Trinajstić information content (AvgIpc) is 2.77. The third kappa shape index (κ3) is 3.40. The minimum atomic E-state index is -0.341. The maximum atomic E-state index is 12.8. The zero-order valence-electron chi connectivity index (χ0n) is 11.0. The number of nitrogens with zero attached hydrogens (tertiary/aromatic N) is 1. The molecule has 0 saturated carbocycles. The molecule has 1 aromatic heterocycles. The van der Waals surface area contributed by atoms with Crippen LogP contribution in [-0.2, 0) is 0 Å². The molecule has 0 radical (unpaired) electrons. The predicted octanol–water partition coefficient (Wildman–Crippen LogP) is 3.01. The summed E-state index contributed by atoms with van der Waals surface area (Å²) in [5, 5.41) is 6.51. The van der Waals surface area contributed by atoms with Crippen molar-refractivity contribution in [1.29, 1.82) is 0 Å². The van der Waals surface area contributed by atoms with Gasteiger partial charge in [0.1, 0.15) is 5.82 Å². The maximum Gasteiger partial charge on any atom is 0.273 e. The van der Waals surface area contributed by atoms with Crippen LogP contribution in [0.2, 0.25) is 0 Å². The molecular formula is C14H15FN2O2. The van der Waals surface area contributed by atoms with Gasteiger partial charge in [-0.1, -0.05) is 5.16 Å². The fraction of sp³-hybridized carbons (Fsp3) is 0.286. The van der Waals surface area contributed by atoms with Crippen molar-refractivity contribution >= 4 is 5.91 Å². The molecule has 0 aliphatic heterocycles. The van der Waals surface area contributed by atoms with E-state index >= 15 is 0 Å². The molecule has 1 amide bonds. The van der Waals surface area contributed by atoms with Crippen LogP contribution in [0.5, 0.6) is 0 Å². The van der Waals surface area contributed by atoms with E-state index in [9.17, 15) is 9.18 Å². The highest BCUT2D eigenvalue weighted by molar-refractivity contribution is 5.93. The summed E-state index contributed by atoms with van der Waals surface area (Å²) in [6.07, 6.45) is 0. The first-order valence-electron chi connectivity index (χ1n) is 5.90. The van der Waals surface area contributed by atoms with Gasteiger partial charge in [-0.2, -0.15) is 0 Å². The fourth-order valence-electron chi connectivity index (χ4n) is 1.54. The second-order valence-corrected chi connectivity index (χ2v) is 5.29. The van der Waals surface area contributed by atoms with Crippen molar-refractivity contribution in [2.75, 3.05) is 0 Å². The van der Waals surface area contributed by atoms with E-state index in [2.05, 4.69) is 10.5 Å². The Morgan fingerprint density at radius 2 is 1.89 bits per heavy atom. The zero-order valence-corrected chi connectivity index (χ0v) is 11.0. The quantitative estimate of drug-likeness (QED) is 0.905. The topological polar surface area (TPSA) is 55.1 Å². The van der Waals surface area contributed by atoms with Gasteiger partial charge in [-0.05, 0) is 45.0 Å². The molecule has 2 rings (SSSR count). The summed E-state index contributed by atoms with van der Waals surface area (Å²) in [5.41, 5.74) is 0.532. The Morgan fingerprint density at radius 1 is 1.26 bits per heavy atom. The van der Waals surface area contributed by atoms with E-state index in [1.54, 1.807) is 12.1 Å². The molecule has 1 N–H and O–H groups in total. The van der Waals surface area contributed by atoms with Crippen LogP contribution in [0.1, 0.15) is 31.3 Å². The molecule has 0 bridgehead atoms. The highest BCUT2D eigenvalue weighted by atomic mass is 19.1. The molecule has 1 heterocycles. The molecule has 4 nitrogen and oxygen atoms in total. The molecule has 1 aromatic carbocycles. The molecule has 0 atom stereocenters. The van der Waals surface area contributed by atoms with Crippen LogP contribution < -0.4 is 5.32 Å². The number of hydrogen-bond donors (Lipinski definition) is 1. The second kappa shape index (κ2) is 4.84. The Labute approximate surface area is 110 Å². The van der Waals surface area contributed by atoms with Gasteiger partial charge >= 0.3 is 0 Å². The minimum Gasteiger partial charge on any atom is -0.355 e. The van der Waals surface area contributed by atoms with E-state index in [0.29, 0.717) is 11.3 Å². The van der Waals surface area contributed by atoms with Crippen molar-refractivity contribution in [3.05, 3.63) is 41.8 Å². The number of amides is 1. The van der Waals surface area contributed by atoms with Gasteiger partial charge in [-0.25, -0.2) is 4.39 Å². The van der Waals surface area contributed by atoms with Gasteiger partial charge in [0, 0.05) is 17.2 Å². The smallest absolute Gasteiger partial charge is 0.273 e. The van der Waals surface area contributed by atoms with Crippen molar-refractivity contribution in [3.63, 3.8) is 0 Å². The number of rotatable bonds is 2. The Hall–Kier alpha value is -2.17. The van der Waals surface area contributed by atoms with Gasteiger partial charge in [0.05, 0.1) is 0 Å². The summed E-state index contributed by atoms with van der Waals surface area (Å²) in [5.74, 6) is -0.197. The maximum absolute atomic E-state index is 12.8. The Morgan fingerprint density at radius 3 is 2.47 bits per heavy atom. The van der Waals surface area contributed by atoms with Gasteiger partial charge in [-0.3, -0.25) is 4.79 Å². The third-order valence-corrected chi connectivity index (χ3v) is 2.36. The molecule has 19 heavy (non-hydrogen) atoms. The average molecular weight is 262 g/mol. The summed E-state index contributed by atoms with van der Waals surface area (Å²) >= 11 is 0. The van der Waals surface area contributed by atoms with Crippen molar-refractivity contribution < 1.29 is 13.7 Å². The Bertz CT molecular complexity index is 582. The number of benzene rings is 1. The standard InChI is InChI=1S/C14H15FN2O2/c1-14(2,3)16-13(18)11-8-12(19-17-11)9-4-6-10(15)7-5-9/h4-8H,1-3H3,(H,16,18). The van der Waals surface area contributed by atoms with Crippen LogP contribution in [-0.4, -0.2) is 16.6 Å². The normalized spacial score (nSPS) is 11.4. The molecule has 0 saturated heterocycles. The number of aromatic nitrogens is 1. The largest absolute Gasteiger partial charge is 0.355 e. The van der Waals surface area contributed by atoms with Crippen LogP contribution in [0.3, 0.4) is 0 Å². The summed E-state index contributed by atoms with van der Waals surface area (Å²) < 4.78 is 17.9. The first kappa shape index (κ1) is 13.3. The van der Waals surface area contributed by atoms with E-state index in [0.717, 1.165) is 0 Å². The van der Waals surface area contributed by atoms with E-state index in [1.165, 1.54) is 18.2 Å². The van der Waals surface area contributed by atoms with Gasteiger partial charge in [0.25, 0.3) is 5.91 Å². The summed E-state index contributed by atoms with van der Waals surface area (Å²) in [7, 11) is 0. The minimum absolute atomic E-state index is 0.203. The van der Waals surface area contributed by atoms with E-state index in [-0.39, 0.29) is 23.0 Å². The number of halogens is 1. The summed E-state index contributed by atoms with van der Waals surface area (Å²) in [6, 6.07) is 7.33. The van der Waals surface area contributed by atoms with Crippen LogP contribution >= 0.6 is 0 Å². The molecule has 5 heteroatoms. The second-order valence-electron chi connectivity index (χ2n) is 5.29. The predicted molar refractivity (Wildman–Crippen MR) is 69.1 cm³/mol. The summed E-state index contributed by atoms with van der Waals surface area (Å²) in [4.78, 5) is 11.9. The molecule has 0 spiro atoms. The molecule has 0 fully saturated rings. The molecule has 2 aromatic rings. The van der Waals surface area contributed by atoms with Gasteiger partial charge < -0.3 is 9.84 Å². The van der Waals surface area contributed by atoms with Crippen molar-refractivity contribution in [2.24, 2.45) is 0 Å². The van der Waals surface area contributed by atoms with Crippen molar-refractivity contribution in [3.8, 4) is 11.3 Å². The number of hydrogen-bond acceptors (Lipinski definition) is 3. The molecule has 0 aliphatic carbocycles. The van der Waals surface area contributed by atoms with Gasteiger partial charge in [0.2, 0.25) is 0 Å². The fourth-order valence-corrected chi connectivity index (χ4v) is 1.54. The lowest BCUT2D eigenvalue weighted by Gasteiger charge is -2.19. The zero-order chi connectivity index (χ0) is 14.0. The monoisotopic (exact) mass is 262 g/mol. The van der Waals surface area contributed by atoms with Crippen LogP contribution in [0.15, 0.2) is 34.9 Å². The summed E-state index contributed by atoms with van der Waals surface area (Å²) in [6.45, 7) is 5.64.